The van der Waals surface area contributed by atoms with E-state index in [2.05, 4.69) is 4.85 Å². The molecule has 0 aliphatic rings. The topological polar surface area (TPSA) is 22.8 Å². The highest BCUT2D eigenvalue weighted by atomic mass is 16.5. The molecule has 3 nitrogen and oxygen atoms in total. The van der Waals surface area contributed by atoms with Gasteiger partial charge in [0.2, 0.25) is 6.54 Å². The fraction of sp³-hybridized carbons (Fsp3) is 0.364. The molecule has 1 aromatic carbocycles. The number of hydrogen-bond acceptors (Lipinski definition) is 2. The zero-order valence-corrected chi connectivity index (χ0v) is 8.14. The molecule has 0 aliphatic carbocycles. The van der Waals surface area contributed by atoms with Crippen molar-refractivity contribution in [2.24, 2.45) is 0 Å². The van der Waals surface area contributed by atoms with E-state index in [0.29, 0.717) is 13.2 Å². The molecule has 0 amide bonds. The van der Waals surface area contributed by atoms with Crippen LogP contribution in [0, 0.1) is 6.57 Å². The molecule has 0 spiro atoms. The van der Waals surface area contributed by atoms with Gasteiger partial charge in [-0.05, 0) is 12.1 Å². The minimum Gasteiger partial charge on any atom is -0.491 e. The molecule has 0 N–H and O–H groups in total. The molecule has 0 bridgehead atoms. The van der Waals surface area contributed by atoms with Gasteiger partial charge in [-0.3, -0.25) is 0 Å². The lowest BCUT2D eigenvalue weighted by molar-refractivity contribution is 0.0695. The lowest BCUT2D eigenvalue weighted by Gasteiger charge is -2.10. The van der Waals surface area contributed by atoms with Crippen LogP contribution < -0.4 is 4.74 Å². The van der Waals surface area contributed by atoms with Crippen LogP contribution in [0.2, 0.25) is 0 Å². The van der Waals surface area contributed by atoms with Crippen molar-refractivity contribution >= 4 is 0 Å². The summed E-state index contributed by atoms with van der Waals surface area (Å²) in [5, 5.41) is 0. The first-order chi connectivity index (χ1) is 6.86. The molecular weight excluding hydrogens is 178 g/mol. The molecule has 14 heavy (non-hydrogen) atoms. The van der Waals surface area contributed by atoms with E-state index < -0.39 is 0 Å². The highest BCUT2D eigenvalue weighted by molar-refractivity contribution is 5.20. The van der Waals surface area contributed by atoms with Crippen molar-refractivity contribution in [3.8, 4) is 5.75 Å². The fourth-order valence-corrected chi connectivity index (χ4v) is 1.00. The van der Waals surface area contributed by atoms with Crippen LogP contribution in [0.1, 0.15) is 0 Å². The quantitative estimate of drug-likeness (QED) is 0.664. The third-order valence-electron chi connectivity index (χ3n) is 1.81. The van der Waals surface area contributed by atoms with Crippen molar-refractivity contribution in [2.45, 2.75) is 6.10 Å². The Hall–Kier alpha value is -1.53. The average Bonchev–Trinajstić information content (AvgIpc) is 2.25. The van der Waals surface area contributed by atoms with Gasteiger partial charge in [0.15, 0.2) is 6.10 Å². The third-order valence-corrected chi connectivity index (χ3v) is 1.81. The zero-order valence-electron chi connectivity index (χ0n) is 8.14. The second kappa shape index (κ2) is 6.01. The molecule has 3 heteroatoms. The molecule has 0 saturated carbocycles. The second-order valence-corrected chi connectivity index (χ2v) is 2.82. The van der Waals surface area contributed by atoms with Crippen LogP contribution in [-0.2, 0) is 4.74 Å². The summed E-state index contributed by atoms with van der Waals surface area (Å²) < 4.78 is 10.5. The summed E-state index contributed by atoms with van der Waals surface area (Å²) in [5.41, 5.74) is 0. The van der Waals surface area contributed by atoms with Gasteiger partial charge in [-0.1, -0.05) is 18.2 Å². The van der Waals surface area contributed by atoms with Gasteiger partial charge in [-0.2, -0.15) is 0 Å². The summed E-state index contributed by atoms with van der Waals surface area (Å²) in [6.07, 6.45) is -0.146. The molecule has 1 unspecified atom stereocenters. The Labute approximate surface area is 84.1 Å². The summed E-state index contributed by atoms with van der Waals surface area (Å²) in [7, 11) is 1.59. The summed E-state index contributed by atoms with van der Waals surface area (Å²) in [6.45, 7) is 7.47. The van der Waals surface area contributed by atoms with Gasteiger partial charge in [0.25, 0.3) is 0 Å². The largest absolute Gasteiger partial charge is 0.491 e. The van der Waals surface area contributed by atoms with Gasteiger partial charge in [-0.25, -0.2) is 6.57 Å². The molecule has 0 fully saturated rings. The standard InChI is InChI=1S/C11H13NO2/c1-12-8-11(13-2)9-14-10-6-4-3-5-7-10/h3-7,11H,8-9H2,2H3. The van der Waals surface area contributed by atoms with E-state index in [1.165, 1.54) is 0 Å². The summed E-state index contributed by atoms with van der Waals surface area (Å²) in [6, 6.07) is 9.51. The van der Waals surface area contributed by atoms with Crippen LogP contribution in [0.5, 0.6) is 5.75 Å². The Balaban J connectivity index is 2.36. The summed E-state index contributed by atoms with van der Waals surface area (Å²) in [5.74, 6) is 0.805. The van der Waals surface area contributed by atoms with E-state index in [-0.39, 0.29) is 6.10 Å². The first-order valence-electron chi connectivity index (χ1n) is 4.40. The number of hydrogen-bond donors (Lipinski definition) is 0. The van der Waals surface area contributed by atoms with Gasteiger partial charge in [0.1, 0.15) is 12.4 Å². The maximum atomic E-state index is 6.71. The maximum absolute atomic E-state index is 6.71. The predicted octanol–water partition coefficient (Wildman–Crippen LogP) is 2.00. The van der Waals surface area contributed by atoms with Gasteiger partial charge < -0.3 is 14.3 Å². The minimum absolute atomic E-state index is 0.146. The molecule has 74 valence electrons. The fourth-order valence-electron chi connectivity index (χ4n) is 1.00. The molecule has 0 aliphatic heterocycles. The minimum atomic E-state index is -0.146. The number of ether oxygens (including phenoxy) is 2. The Morgan fingerprint density at radius 3 is 2.64 bits per heavy atom. The lowest BCUT2D eigenvalue weighted by Crippen LogP contribution is -2.22. The van der Waals surface area contributed by atoms with E-state index >= 15 is 0 Å². The smallest absolute Gasteiger partial charge is 0.243 e. The van der Waals surface area contributed by atoms with Crippen molar-refractivity contribution < 1.29 is 9.47 Å². The average molecular weight is 191 g/mol. The molecule has 1 rings (SSSR count). The first-order valence-corrected chi connectivity index (χ1v) is 4.40. The van der Waals surface area contributed by atoms with E-state index in [1.807, 2.05) is 30.3 Å². The molecular formula is C11H13NO2. The monoisotopic (exact) mass is 191 g/mol. The number of rotatable bonds is 5. The number of benzene rings is 1. The van der Waals surface area contributed by atoms with Gasteiger partial charge in [0.05, 0.1) is 0 Å². The lowest BCUT2D eigenvalue weighted by atomic mass is 10.3. The van der Waals surface area contributed by atoms with Gasteiger partial charge >= 0.3 is 0 Å². The molecule has 1 aromatic rings. The van der Waals surface area contributed by atoms with E-state index in [4.69, 9.17) is 16.0 Å². The van der Waals surface area contributed by atoms with Crippen LogP contribution in [0.15, 0.2) is 30.3 Å². The zero-order chi connectivity index (χ0) is 10.2. The third kappa shape index (κ3) is 3.46. The highest BCUT2D eigenvalue weighted by Crippen LogP contribution is 2.09. The van der Waals surface area contributed by atoms with E-state index in [1.54, 1.807) is 7.11 Å². The molecule has 0 heterocycles. The van der Waals surface area contributed by atoms with Crippen molar-refractivity contribution in [1.82, 2.24) is 0 Å². The van der Waals surface area contributed by atoms with Crippen LogP contribution in [0.4, 0.5) is 0 Å². The molecule has 0 aromatic heterocycles. The Kier molecular flexibility index (Phi) is 4.53. The SMILES string of the molecule is [C-]#[N+]CC(COc1ccccc1)OC. The Bertz CT molecular complexity index is 292. The van der Waals surface area contributed by atoms with Crippen molar-refractivity contribution in [3.63, 3.8) is 0 Å². The highest BCUT2D eigenvalue weighted by Gasteiger charge is 2.10. The normalized spacial score (nSPS) is 11.7. The second-order valence-electron chi connectivity index (χ2n) is 2.82. The van der Waals surface area contributed by atoms with Crippen LogP contribution in [0.3, 0.4) is 0 Å². The van der Waals surface area contributed by atoms with Crippen LogP contribution in [0.25, 0.3) is 4.85 Å². The summed E-state index contributed by atoms with van der Waals surface area (Å²) >= 11 is 0. The van der Waals surface area contributed by atoms with Gasteiger partial charge in [0, 0.05) is 7.11 Å². The Morgan fingerprint density at radius 1 is 1.36 bits per heavy atom. The Morgan fingerprint density at radius 2 is 2.07 bits per heavy atom. The van der Waals surface area contributed by atoms with E-state index in [0.717, 1.165) is 5.75 Å². The van der Waals surface area contributed by atoms with Crippen molar-refractivity contribution in [2.75, 3.05) is 20.3 Å². The summed E-state index contributed by atoms with van der Waals surface area (Å²) in [4.78, 5) is 3.26. The maximum Gasteiger partial charge on any atom is 0.243 e. The van der Waals surface area contributed by atoms with Crippen molar-refractivity contribution in [3.05, 3.63) is 41.7 Å². The number of methoxy groups -OCH3 is 1. The first kappa shape index (κ1) is 10.6. The van der Waals surface area contributed by atoms with Crippen LogP contribution >= 0.6 is 0 Å². The molecule has 0 radical (unpaired) electrons. The van der Waals surface area contributed by atoms with Crippen LogP contribution in [-0.4, -0.2) is 26.4 Å². The van der Waals surface area contributed by atoms with Crippen molar-refractivity contribution in [1.29, 1.82) is 0 Å². The van der Waals surface area contributed by atoms with E-state index in [9.17, 15) is 0 Å². The number of nitrogens with zero attached hydrogens (tertiary/aromatic N) is 1. The number of para-hydroxylation sites is 1. The molecule has 1 atom stereocenters. The predicted molar refractivity (Wildman–Crippen MR) is 54.2 cm³/mol. The molecule has 0 saturated heterocycles. The van der Waals surface area contributed by atoms with Gasteiger partial charge in [-0.15, -0.1) is 0 Å².